The zero-order valence-electron chi connectivity index (χ0n) is 13.6. The molecule has 0 saturated carbocycles. The van der Waals surface area contributed by atoms with Gasteiger partial charge in [0, 0.05) is 13.0 Å². The van der Waals surface area contributed by atoms with Gasteiger partial charge in [-0.15, -0.1) is 0 Å². The van der Waals surface area contributed by atoms with E-state index in [0.29, 0.717) is 12.4 Å². The minimum absolute atomic E-state index is 0.140. The van der Waals surface area contributed by atoms with Crippen LogP contribution < -0.4 is 14.8 Å². The van der Waals surface area contributed by atoms with Crippen LogP contribution in [0.2, 0.25) is 0 Å². The molecular weight excluding hydrogens is 306 g/mol. The molecule has 0 fully saturated rings. The van der Waals surface area contributed by atoms with Crippen molar-refractivity contribution >= 4 is 5.91 Å². The molecule has 0 radical (unpaired) electrons. The molecule has 2 unspecified atom stereocenters. The van der Waals surface area contributed by atoms with E-state index in [2.05, 4.69) is 5.32 Å². The van der Waals surface area contributed by atoms with Gasteiger partial charge >= 0.3 is 0 Å². The molecule has 2 N–H and O–H groups in total. The highest BCUT2D eigenvalue weighted by Gasteiger charge is 2.18. The van der Waals surface area contributed by atoms with E-state index in [4.69, 9.17) is 9.47 Å². The van der Waals surface area contributed by atoms with Crippen LogP contribution in [0.5, 0.6) is 11.5 Å². The van der Waals surface area contributed by atoms with Gasteiger partial charge < -0.3 is 19.9 Å². The van der Waals surface area contributed by atoms with Gasteiger partial charge in [0.05, 0.1) is 12.7 Å². The van der Waals surface area contributed by atoms with Crippen LogP contribution in [-0.2, 0) is 11.2 Å². The molecule has 1 aliphatic heterocycles. The summed E-state index contributed by atoms with van der Waals surface area (Å²) in [5.74, 6) is 1.25. The number of fused-ring (bicyclic) bond motifs is 1. The first kappa shape index (κ1) is 16.3. The summed E-state index contributed by atoms with van der Waals surface area (Å²) in [6.45, 7) is 2.50. The predicted octanol–water partition coefficient (Wildman–Crippen LogP) is 2.24. The lowest BCUT2D eigenvalue weighted by Gasteiger charge is -2.17. The average Bonchev–Trinajstić information content (AvgIpc) is 3.07. The Morgan fingerprint density at radius 1 is 1.29 bits per heavy atom. The zero-order chi connectivity index (χ0) is 16.9. The summed E-state index contributed by atoms with van der Waals surface area (Å²) in [6.07, 6.45) is -0.540. The van der Waals surface area contributed by atoms with Gasteiger partial charge in [-0.3, -0.25) is 4.79 Å². The van der Waals surface area contributed by atoms with Gasteiger partial charge in [-0.2, -0.15) is 0 Å². The number of aliphatic hydroxyl groups excluding tert-OH is 1. The van der Waals surface area contributed by atoms with Crippen LogP contribution in [-0.4, -0.2) is 30.3 Å². The maximum Gasteiger partial charge on any atom is 0.260 e. The molecule has 1 aliphatic rings. The maximum atomic E-state index is 12.1. The van der Waals surface area contributed by atoms with Crippen molar-refractivity contribution < 1.29 is 19.4 Å². The molecule has 2 atom stereocenters. The van der Waals surface area contributed by atoms with Crippen molar-refractivity contribution in [1.29, 1.82) is 0 Å². The van der Waals surface area contributed by atoms with Crippen molar-refractivity contribution in [2.24, 2.45) is 0 Å². The average molecular weight is 327 g/mol. The van der Waals surface area contributed by atoms with Crippen molar-refractivity contribution in [2.45, 2.75) is 25.6 Å². The molecule has 3 rings (SSSR count). The topological polar surface area (TPSA) is 67.8 Å². The van der Waals surface area contributed by atoms with Crippen molar-refractivity contribution in [3.63, 3.8) is 0 Å². The highest BCUT2D eigenvalue weighted by atomic mass is 16.5. The molecule has 0 aromatic heterocycles. The van der Waals surface area contributed by atoms with Crippen LogP contribution in [0.1, 0.15) is 24.2 Å². The van der Waals surface area contributed by atoms with E-state index < -0.39 is 12.2 Å². The summed E-state index contributed by atoms with van der Waals surface area (Å²) in [6, 6.07) is 14.8. The highest BCUT2D eigenvalue weighted by Crippen LogP contribution is 2.28. The normalized spacial score (nSPS) is 15.1. The van der Waals surface area contributed by atoms with Gasteiger partial charge in [0.15, 0.2) is 6.10 Å². The smallest absolute Gasteiger partial charge is 0.260 e. The highest BCUT2D eigenvalue weighted by molar-refractivity contribution is 5.80. The molecule has 1 amide bonds. The third kappa shape index (κ3) is 3.86. The van der Waals surface area contributed by atoms with Crippen LogP contribution in [0.4, 0.5) is 0 Å². The summed E-state index contributed by atoms with van der Waals surface area (Å²) in [7, 11) is 0. The summed E-state index contributed by atoms with van der Waals surface area (Å²) in [5.41, 5.74) is 1.87. The fourth-order valence-corrected chi connectivity index (χ4v) is 2.63. The SMILES string of the molecule is CC(Oc1ccccc1)C(=O)NCC(O)c1ccc2c(c1)CCO2. The third-order valence-corrected chi connectivity index (χ3v) is 3.99. The van der Waals surface area contributed by atoms with Gasteiger partial charge in [0.1, 0.15) is 11.5 Å². The second-order valence-electron chi connectivity index (χ2n) is 5.80. The van der Waals surface area contributed by atoms with E-state index in [-0.39, 0.29) is 12.5 Å². The largest absolute Gasteiger partial charge is 0.493 e. The number of carbonyl (C=O) groups is 1. The standard InChI is InChI=1S/C19H21NO4/c1-13(24-16-5-3-2-4-6-16)19(22)20-12-17(21)14-7-8-18-15(11-14)9-10-23-18/h2-8,11,13,17,21H,9-10,12H2,1H3,(H,20,22). The van der Waals surface area contributed by atoms with Gasteiger partial charge in [0.2, 0.25) is 0 Å². The Morgan fingerprint density at radius 3 is 2.88 bits per heavy atom. The molecule has 24 heavy (non-hydrogen) atoms. The number of aliphatic hydroxyl groups is 1. The van der Waals surface area contributed by atoms with E-state index in [0.717, 1.165) is 23.3 Å². The maximum absolute atomic E-state index is 12.1. The molecule has 2 aromatic rings. The van der Waals surface area contributed by atoms with Crippen molar-refractivity contribution in [1.82, 2.24) is 5.32 Å². The number of nitrogens with one attached hydrogen (secondary N) is 1. The van der Waals surface area contributed by atoms with Crippen LogP contribution in [0.3, 0.4) is 0 Å². The Bertz CT molecular complexity index is 702. The number of hydrogen-bond acceptors (Lipinski definition) is 4. The van der Waals surface area contributed by atoms with Crippen LogP contribution >= 0.6 is 0 Å². The molecule has 126 valence electrons. The molecule has 5 nitrogen and oxygen atoms in total. The Morgan fingerprint density at radius 2 is 2.08 bits per heavy atom. The first-order valence-electron chi connectivity index (χ1n) is 8.06. The Balaban J connectivity index is 1.52. The first-order valence-corrected chi connectivity index (χ1v) is 8.06. The number of para-hydroxylation sites is 1. The second-order valence-corrected chi connectivity index (χ2v) is 5.80. The van der Waals surface area contributed by atoms with Gasteiger partial charge in [-0.1, -0.05) is 24.3 Å². The van der Waals surface area contributed by atoms with E-state index in [9.17, 15) is 9.90 Å². The second kappa shape index (κ2) is 7.36. The minimum atomic E-state index is -0.760. The van der Waals surface area contributed by atoms with Crippen LogP contribution in [0.25, 0.3) is 0 Å². The number of benzene rings is 2. The van der Waals surface area contributed by atoms with Gasteiger partial charge in [-0.25, -0.2) is 0 Å². The molecule has 2 aromatic carbocycles. The molecule has 1 heterocycles. The minimum Gasteiger partial charge on any atom is -0.493 e. The Kier molecular flexibility index (Phi) is 5.01. The molecule has 0 aliphatic carbocycles. The summed E-state index contributed by atoms with van der Waals surface area (Å²) < 4.78 is 11.0. The number of rotatable bonds is 6. The number of amides is 1. The summed E-state index contributed by atoms with van der Waals surface area (Å²) in [5, 5.41) is 13.0. The number of hydrogen-bond donors (Lipinski definition) is 2. The fourth-order valence-electron chi connectivity index (χ4n) is 2.63. The lowest BCUT2D eigenvalue weighted by Crippen LogP contribution is -2.38. The number of ether oxygens (including phenoxy) is 2. The van der Waals surface area contributed by atoms with E-state index in [1.165, 1.54) is 0 Å². The van der Waals surface area contributed by atoms with Crippen molar-refractivity contribution in [3.05, 3.63) is 59.7 Å². The molecule has 0 saturated heterocycles. The van der Waals surface area contributed by atoms with E-state index >= 15 is 0 Å². The number of carbonyl (C=O) groups excluding carboxylic acids is 1. The lowest BCUT2D eigenvalue weighted by atomic mass is 10.0. The summed E-state index contributed by atoms with van der Waals surface area (Å²) >= 11 is 0. The lowest BCUT2D eigenvalue weighted by molar-refractivity contribution is -0.127. The molecular formula is C19H21NO4. The van der Waals surface area contributed by atoms with Crippen LogP contribution in [0.15, 0.2) is 48.5 Å². The Labute approximate surface area is 141 Å². The van der Waals surface area contributed by atoms with E-state index in [1.54, 1.807) is 19.1 Å². The fraction of sp³-hybridized carbons (Fsp3) is 0.316. The third-order valence-electron chi connectivity index (χ3n) is 3.99. The first-order chi connectivity index (χ1) is 11.6. The van der Waals surface area contributed by atoms with Gasteiger partial charge in [-0.05, 0) is 42.3 Å². The molecule has 0 spiro atoms. The van der Waals surface area contributed by atoms with Crippen molar-refractivity contribution in [2.75, 3.05) is 13.2 Å². The zero-order valence-corrected chi connectivity index (χ0v) is 13.6. The van der Waals surface area contributed by atoms with Gasteiger partial charge in [0.25, 0.3) is 5.91 Å². The van der Waals surface area contributed by atoms with Crippen LogP contribution in [0, 0.1) is 0 Å². The Hall–Kier alpha value is -2.53. The quantitative estimate of drug-likeness (QED) is 0.854. The molecule has 0 bridgehead atoms. The predicted molar refractivity (Wildman–Crippen MR) is 90.1 cm³/mol. The summed E-state index contributed by atoms with van der Waals surface area (Å²) in [4.78, 5) is 12.1. The monoisotopic (exact) mass is 327 g/mol. The molecule has 5 heteroatoms. The van der Waals surface area contributed by atoms with Crippen molar-refractivity contribution in [3.8, 4) is 11.5 Å². The van der Waals surface area contributed by atoms with E-state index in [1.807, 2.05) is 36.4 Å².